The lowest BCUT2D eigenvalue weighted by atomic mass is 10.0. The number of amides is 2. The molecule has 0 bridgehead atoms. The lowest BCUT2D eigenvalue weighted by molar-refractivity contribution is -0.142. The molecule has 4 heterocycles. The molecule has 340 valence electrons. The van der Waals surface area contributed by atoms with E-state index in [0.29, 0.717) is 54.9 Å². The number of benzene rings is 2. The summed E-state index contributed by atoms with van der Waals surface area (Å²) in [6.45, 7) is 9.01. The molecule has 2 fully saturated rings. The summed E-state index contributed by atoms with van der Waals surface area (Å²) in [7, 11) is 5.80. The van der Waals surface area contributed by atoms with Crippen LogP contribution >= 0.6 is 0 Å². The van der Waals surface area contributed by atoms with E-state index < -0.39 is 17.5 Å². The molecule has 0 spiro atoms. The van der Waals surface area contributed by atoms with Crippen LogP contribution in [0.5, 0.6) is 17.6 Å². The molecule has 2 aromatic heterocycles. The number of hydrogen-bond donors (Lipinski definition) is 3. The molecule has 2 unspecified atom stereocenters. The third kappa shape index (κ3) is 15.9. The third-order valence-electron chi connectivity index (χ3n) is 8.70. The van der Waals surface area contributed by atoms with Crippen LogP contribution in [-0.4, -0.2) is 117 Å². The van der Waals surface area contributed by atoms with E-state index in [9.17, 15) is 14.0 Å². The van der Waals surface area contributed by atoms with Crippen molar-refractivity contribution in [2.24, 2.45) is 10.3 Å². The maximum absolute atomic E-state index is 12.7. The number of nitrogens with zero attached hydrogens (tertiary/aromatic N) is 4. The van der Waals surface area contributed by atoms with Gasteiger partial charge >= 0.3 is 0 Å². The number of ether oxygens (including phenoxy) is 7. The van der Waals surface area contributed by atoms with Crippen molar-refractivity contribution in [1.82, 2.24) is 20.6 Å². The van der Waals surface area contributed by atoms with Crippen molar-refractivity contribution in [3.8, 4) is 17.6 Å². The Bertz CT molecular complexity index is 2150. The molecular weight excluding hydrogens is 824 g/mol. The van der Waals surface area contributed by atoms with Crippen LogP contribution < -0.4 is 24.8 Å². The fourth-order valence-corrected chi connectivity index (χ4v) is 5.84. The SMILES string of the molecule is CC1(C)OCC(COc2cccc(F)n2)O1.CNC(=O)/C(=N/OC)c1ccccc1CO.CNC(=O)/C(=N/OC)c1ccccc1COc1cccc(OCC2COC(C)(C)O2)n1. The summed E-state index contributed by atoms with van der Waals surface area (Å²) < 4.78 is 51.8. The first kappa shape index (κ1) is 49.4. The van der Waals surface area contributed by atoms with Crippen molar-refractivity contribution in [2.75, 3.05) is 54.7 Å². The average Bonchev–Trinajstić information content (AvgIpc) is 3.83. The van der Waals surface area contributed by atoms with Crippen LogP contribution in [0.25, 0.3) is 0 Å². The number of rotatable bonds is 16. The summed E-state index contributed by atoms with van der Waals surface area (Å²) in [6.07, 6.45) is -0.295. The van der Waals surface area contributed by atoms with Gasteiger partial charge in [0, 0.05) is 43.4 Å². The van der Waals surface area contributed by atoms with Crippen molar-refractivity contribution < 1.29 is 61.9 Å². The van der Waals surface area contributed by atoms with E-state index in [4.69, 9.17) is 43.1 Å². The second-order valence-electron chi connectivity index (χ2n) is 14.3. The number of aliphatic hydroxyl groups is 1. The van der Waals surface area contributed by atoms with Crippen LogP contribution in [0.15, 0.2) is 95.2 Å². The molecule has 2 atom stereocenters. The van der Waals surface area contributed by atoms with Crippen LogP contribution in [0.3, 0.4) is 0 Å². The van der Waals surface area contributed by atoms with E-state index >= 15 is 0 Å². The zero-order valence-electron chi connectivity index (χ0n) is 36.6. The standard InChI is InChI=1S/C22H27N3O6.C11H14FNO3.C11H14N2O3/c1-22(2)30-14-16(31-22)13-29-19-11-7-10-18(24-19)28-12-15-8-5-6-9-17(15)20(25-27-4)21(26)23-3;1-11(2)15-7-8(16-11)6-14-10-5-3-4-9(12)13-10;1-12-11(15)10(13-16-2)9-6-4-3-5-8(9)7-14/h5-11,16H,12-14H2,1-4H3,(H,23,26);3-5,8H,6-7H2,1-2H3;3-6,14H,7H2,1-2H3,(H,12,15)/b25-20+;;13-10+. The minimum Gasteiger partial charge on any atom is -0.475 e. The van der Waals surface area contributed by atoms with Gasteiger partial charge in [0.05, 0.1) is 19.8 Å². The molecular formula is C44H55FN6O12. The summed E-state index contributed by atoms with van der Waals surface area (Å²) in [6, 6.07) is 24.0. The number of pyridine rings is 2. The topological polar surface area (TPSA) is 212 Å². The molecule has 63 heavy (non-hydrogen) atoms. The van der Waals surface area contributed by atoms with Gasteiger partial charge in [0.25, 0.3) is 11.8 Å². The van der Waals surface area contributed by atoms with Gasteiger partial charge in [-0.3, -0.25) is 9.59 Å². The molecule has 2 saturated heterocycles. The smallest absolute Gasteiger partial charge is 0.273 e. The first-order valence-electron chi connectivity index (χ1n) is 19.8. The van der Waals surface area contributed by atoms with Gasteiger partial charge in [-0.1, -0.05) is 71.0 Å². The molecule has 0 radical (unpaired) electrons. The van der Waals surface area contributed by atoms with Gasteiger partial charge < -0.3 is 58.6 Å². The first-order chi connectivity index (χ1) is 30.2. The van der Waals surface area contributed by atoms with Crippen LogP contribution in [0.1, 0.15) is 49.9 Å². The molecule has 2 aliphatic rings. The second kappa shape index (κ2) is 24.4. The lowest BCUT2D eigenvalue weighted by Gasteiger charge is -2.17. The van der Waals surface area contributed by atoms with E-state index in [-0.39, 0.29) is 54.5 Å². The Hall–Kier alpha value is -6.25. The largest absolute Gasteiger partial charge is 0.475 e. The van der Waals surface area contributed by atoms with Gasteiger partial charge in [0.15, 0.2) is 23.0 Å². The summed E-state index contributed by atoms with van der Waals surface area (Å²) in [5.41, 5.74) is 2.87. The van der Waals surface area contributed by atoms with E-state index in [1.54, 1.807) is 60.7 Å². The summed E-state index contributed by atoms with van der Waals surface area (Å²) in [5, 5.41) is 21.7. The van der Waals surface area contributed by atoms with Gasteiger partial charge in [-0.25, -0.2) is 0 Å². The van der Waals surface area contributed by atoms with E-state index in [1.165, 1.54) is 34.4 Å². The number of hydrogen-bond acceptors (Lipinski definition) is 16. The number of halogens is 1. The van der Waals surface area contributed by atoms with Crippen molar-refractivity contribution >= 4 is 23.2 Å². The molecule has 3 N–H and O–H groups in total. The van der Waals surface area contributed by atoms with E-state index in [2.05, 4.69) is 35.8 Å². The Kier molecular flexibility index (Phi) is 19.1. The lowest BCUT2D eigenvalue weighted by Crippen LogP contribution is -2.29. The molecule has 2 aliphatic heterocycles. The summed E-state index contributed by atoms with van der Waals surface area (Å²) in [4.78, 5) is 41.2. The Morgan fingerprint density at radius 1 is 0.683 bits per heavy atom. The van der Waals surface area contributed by atoms with Gasteiger partial charge in [0.2, 0.25) is 23.6 Å². The first-order valence-corrected chi connectivity index (χ1v) is 19.8. The highest BCUT2D eigenvalue weighted by Crippen LogP contribution is 2.25. The van der Waals surface area contributed by atoms with Crippen molar-refractivity contribution in [2.45, 2.75) is 64.7 Å². The van der Waals surface area contributed by atoms with Gasteiger partial charge in [-0.05, 0) is 44.9 Å². The summed E-state index contributed by atoms with van der Waals surface area (Å²) >= 11 is 0. The number of nitrogens with one attached hydrogen (secondary N) is 2. The number of aliphatic hydroxyl groups excluding tert-OH is 1. The molecule has 18 nitrogen and oxygen atoms in total. The number of oxime groups is 2. The van der Waals surface area contributed by atoms with Gasteiger partial charge in [0.1, 0.15) is 46.2 Å². The molecule has 2 amide bonds. The maximum Gasteiger partial charge on any atom is 0.273 e. The maximum atomic E-state index is 12.7. The molecule has 0 saturated carbocycles. The molecule has 0 aliphatic carbocycles. The zero-order valence-corrected chi connectivity index (χ0v) is 36.6. The van der Waals surface area contributed by atoms with E-state index in [0.717, 1.165) is 5.56 Å². The quantitative estimate of drug-likeness (QED) is 0.0814. The van der Waals surface area contributed by atoms with Crippen LogP contribution in [0, 0.1) is 5.95 Å². The van der Waals surface area contributed by atoms with Crippen LogP contribution in [-0.2, 0) is 51.4 Å². The van der Waals surface area contributed by atoms with Crippen LogP contribution in [0.4, 0.5) is 4.39 Å². The van der Waals surface area contributed by atoms with Crippen molar-refractivity contribution in [3.05, 3.63) is 113 Å². The van der Waals surface area contributed by atoms with Crippen molar-refractivity contribution in [3.63, 3.8) is 0 Å². The van der Waals surface area contributed by atoms with Crippen molar-refractivity contribution in [1.29, 1.82) is 0 Å². The number of carbonyl (C=O) groups excluding carboxylic acids is 2. The average molecular weight is 879 g/mol. The Morgan fingerprint density at radius 3 is 1.57 bits per heavy atom. The Labute approximate surface area is 365 Å². The van der Waals surface area contributed by atoms with Gasteiger partial charge in [-0.15, -0.1) is 0 Å². The highest BCUT2D eigenvalue weighted by atomic mass is 19.1. The monoisotopic (exact) mass is 878 g/mol. The molecule has 2 aromatic carbocycles. The number of likely N-dealkylation sites (N-methyl/N-ethyl adjacent to an activating group) is 2. The molecule has 19 heteroatoms. The Balaban J connectivity index is 0.000000229. The minimum atomic E-state index is -0.598. The highest BCUT2D eigenvalue weighted by Gasteiger charge is 2.34. The third-order valence-corrected chi connectivity index (χ3v) is 8.70. The molecule has 6 rings (SSSR count). The number of aromatic nitrogens is 2. The fourth-order valence-electron chi connectivity index (χ4n) is 5.84. The number of carbonyl (C=O) groups is 2. The minimum absolute atomic E-state index is 0.139. The predicted molar refractivity (Wildman–Crippen MR) is 228 cm³/mol. The van der Waals surface area contributed by atoms with E-state index in [1.807, 2.05) is 45.9 Å². The summed E-state index contributed by atoms with van der Waals surface area (Å²) in [5.74, 6) is -1.36. The fraction of sp³-hybridized carbons (Fsp3) is 0.409. The Morgan fingerprint density at radius 2 is 1.13 bits per heavy atom. The molecule has 4 aromatic rings. The second-order valence-corrected chi connectivity index (χ2v) is 14.3. The predicted octanol–water partition coefficient (Wildman–Crippen LogP) is 4.31. The van der Waals surface area contributed by atoms with Gasteiger partial charge in [-0.2, -0.15) is 14.4 Å². The van der Waals surface area contributed by atoms with Crippen LogP contribution in [0.2, 0.25) is 0 Å². The highest BCUT2D eigenvalue weighted by molar-refractivity contribution is 6.46. The zero-order chi connectivity index (χ0) is 45.8. The normalized spacial score (nSPS) is 17.5.